The van der Waals surface area contributed by atoms with Crippen molar-refractivity contribution >= 4 is 11.6 Å². The number of nitrogens with one attached hydrogen (secondary N) is 1. The topological polar surface area (TPSA) is 55.1 Å². The van der Waals surface area contributed by atoms with E-state index < -0.39 is 0 Å². The summed E-state index contributed by atoms with van der Waals surface area (Å²) >= 11 is 0. The summed E-state index contributed by atoms with van der Waals surface area (Å²) in [5, 5.41) is 2.93. The molecule has 0 saturated carbocycles. The van der Waals surface area contributed by atoms with Crippen LogP contribution < -0.4 is 11.1 Å². The minimum Gasteiger partial charge on any atom is -0.326 e. The molecule has 16 heavy (non-hydrogen) atoms. The molecule has 0 heterocycles. The van der Waals surface area contributed by atoms with Gasteiger partial charge in [-0.15, -0.1) is 0 Å². The fourth-order valence-corrected chi connectivity index (χ4v) is 1.64. The summed E-state index contributed by atoms with van der Waals surface area (Å²) < 4.78 is 0. The third-order valence-corrected chi connectivity index (χ3v) is 2.66. The molecule has 3 nitrogen and oxygen atoms in total. The van der Waals surface area contributed by atoms with Gasteiger partial charge in [-0.1, -0.05) is 38.5 Å². The van der Waals surface area contributed by atoms with Crippen molar-refractivity contribution in [1.82, 2.24) is 0 Å². The van der Waals surface area contributed by atoms with Gasteiger partial charge in [-0.3, -0.25) is 4.79 Å². The first-order valence-electron chi connectivity index (χ1n) is 5.77. The first kappa shape index (κ1) is 12.7. The first-order valence-corrected chi connectivity index (χ1v) is 5.77. The van der Waals surface area contributed by atoms with Crippen molar-refractivity contribution in [2.75, 3.05) is 5.32 Å². The summed E-state index contributed by atoms with van der Waals surface area (Å²) in [7, 11) is 0. The fraction of sp³-hybridized carbons (Fsp3) is 0.462. The lowest BCUT2D eigenvalue weighted by molar-refractivity contribution is -0.119. The zero-order valence-electron chi connectivity index (χ0n) is 9.99. The van der Waals surface area contributed by atoms with E-state index in [0.717, 1.165) is 24.1 Å². The Kier molecular flexibility index (Phi) is 4.99. The zero-order chi connectivity index (χ0) is 12.0. The highest BCUT2D eigenvalue weighted by atomic mass is 16.1. The first-order chi connectivity index (χ1) is 7.69. The van der Waals surface area contributed by atoms with E-state index in [1.807, 2.05) is 31.2 Å². The molecule has 0 aliphatic carbocycles. The van der Waals surface area contributed by atoms with Crippen molar-refractivity contribution in [2.45, 2.75) is 33.2 Å². The monoisotopic (exact) mass is 220 g/mol. The maximum Gasteiger partial charge on any atom is 0.227 e. The Morgan fingerprint density at radius 1 is 1.44 bits per heavy atom. The largest absolute Gasteiger partial charge is 0.326 e. The Labute approximate surface area is 97.0 Å². The predicted molar refractivity (Wildman–Crippen MR) is 67.0 cm³/mol. The van der Waals surface area contributed by atoms with Gasteiger partial charge in [0.2, 0.25) is 5.91 Å². The number of carbonyl (C=O) groups is 1. The summed E-state index contributed by atoms with van der Waals surface area (Å²) in [5.41, 5.74) is 7.41. The lowest BCUT2D eigenvalue weighted by atomic mass is 10.0. The molecule has 0 bridgehead atoms. The van der Waals surface area contributed by atoms with E-state index in [9.17, 15) is 4.79 Å². The van der Waals surface area contributed by atoms with Crippen LogP contribution in [-0.4, -0.2) is 5.91 Å². The van der Waals surface area contributed by atoms with E-state index in [1.54, 1.807) is 0 Å². The lowest BCUT2D eigenvalue weighted by Crippen LogP contribution is -2.21. The van der Waals surface area contributed by atoms with E-state index in [2.05, 4.69) is 12.2 Å². The van der Waals surface area contributed by atoms with Crippen molar-refractivity contribution in [3.8, 4) is 0 Å². The highest BCUT2D eigenvalue weighted by Gasteiger charge is 2.12. The lowest BCUT2D eigenvalue weighted by Gasteiger charge is -2.13. The van der Waals surface area contributed by atoms with E-state index in [-0.39, 0.29) is 11.8 Å². The average Bonchev–Trinajstić information content (AvgIpc) is 2.30. The van der Waals surface area contributed by atoms with Gasteiger partial charge in [0, 0.05) is 18.2 Å². The summed E-state index contributed by atoms with van der Waals surface area (Å²) in [4.78, 5) is 11.8. The average molecular weight is 220 g/mol. The molecule has 0 aromatic heterocycles. The van der Waals surface area contributed by atoms with Crippen molar-refractivity contribution in [2.24, 2.45) is 11.7 Å². The molecule has 0 aliphatic heterocycles. The van der Waals surface area contributed by atoms with Gasteiger partial charge < -0.3 is 11.1 Å². The molecular formula is C13H20N2O. The predicted octanol–water partition coefficient (Wildman–Crippen LogP) is 2.52. The van der Waals surface area contributed by atoms with Crippen LogP contribution in [0.2, 0.25) is 0 Å². The number of hydrogen-bond donors (Lipinski definition) is 2. The second-order valence-corrected chi connectivity index (χ2v) is 4.04. The molecular weight excluding hydrogens is 200 g/mol. The molecule has 1 rings (SSSR count). The molecule has 3 N–H and O–H groups in total. The highest BCUT2D eigenvalue weighted by Crippen LogP contribution is 2.16. The van der Waals surface area contributed by atoms with Gasteiger partial charge in [-0.05, 0) is 18.1 Å². The van der Waals surface area contributed by atoms with Crippen LogP contribution in [0.3, 0.4) is 0 Å². The van der Waals surface area contributed by atoms with Crippen LogP contribution in [-0.2, 0) is 11.3 Å². The zero-order valence-corrected chi connectivity index (χ0v) is 9.99. The van der Waals surface area contributed by atoms with Crippen LogP contribution in [0.5, 0.6) is 0 Å². The summed E-state index contributed by atoms with van der Waals surface area (Å²) in [6, 6.07) is 7.64. The third-order valence-electron chi connectivity index (χ3n) is 2.66. The maximum atomic E-state index is 11.8. The fourth-order valence-electron chi connectivity index (χ4n) is 1.64. The quantitative estimate of drug-likeness (QED) is 0.801. The number of para-hydroxylation sites is 1. The smallest absolute Gasteiger partial charge is 0.227 e. The number of rotatable bonds is 5. The Balaban J connectivity index is 2.69. The Hall–Kier alpha value is -1.35. The Bertz CT molecular complexity index is 350. The molecule has 0 aliphatic rings. The number of nitrogens with two attached hydrogens (primary N) is 1. The van der Waals surface area contributed by atoms with Crippen molar-refractivity contribution in [3.63, 3.8) is 0 Å². The van der Waals surface area contributed by atoms with Crippen LogP contribution in [0, 0.1) is 5.92 Å². The number of hydrogen-bond acceptors (Lipinski definition) is 2. The summed E-state index contributed by atoms with van der Waals surface area (Å²) in [5.74, 6) is 0.124. The highest BCUT2D eigenvalue weighted by molar-refractivity contribution is 5.93. The second kappa shape index (κ2) is 6.28. The standard InChI is InChI=1S/C13H20N2O/c1-3-6-10(2)13(16)15-12-8-5-4-7-11(12)9-14/h4-5,7-8,10H,3,6,9,14H2,1-2H3,(H,15,16). The van der Waals surface area contributed by atoms with Crippen LogP contribution >= 0.6 is 0 Å². The molecule has 1 aromatic carbocycles. The third kappa shape index (κ3) is 3.35. The Morgan fingerprint density at radius 2 is 2.12 bits per heavy atom. The molecule has 0 fully saturated rings. The van der Waals surface area contributed by atoms with Crippen molar-refractivity contribution in [1.29, 1.82) is 0 Å². The Morgan fingerprint density at radius 3 is 2.75 bits per heavy atom. The van der Waals surface area contributed by atoms with Gasteiger partial charge in [0.05, 0.1) is 0 Å². The number of benzene rings is 1. The molecule has 1 amide bonds. The second-order valence-electron chi connectivity index (χ2n) is 4.04. The van der Waals surface area contributed by atoms with Crippen molar-refractivity contribution < 1.29 is 4.79 Å². The maximum absolute atomic E-state index is 11.8. The number of amides is 1. The van der Waals surface area contributed by atoms with Crippen LogP contribution in [0.4, 0.5) is 5.69 Å². The minimum atomic E-state index is 0.0517. The van der Waals surface area contributed by atoms with Gasteiger partial charge in [0.15, 0.2) is 0 Å². The van der Waals surface area contributed by atoms with Gasteiger partial charge in [-0.2, -0.15) is 0 Å². The molecule has 3 heteroatoms. The summed E-state index contributed by atoms with van der Waals surface area (Å²) in [6.07, 6.45) is 1.93. The van der Waals surface area contributed by atoms with Gasteiger partial charge in [0.25, 0.3) is 0 Å². The van der Waals surface area contributed by atoms with Crippen LogP contribution in [0.1, 0.15) is 32.3 Å². The molecule has 88 valence electrons. The minimum absolute atomic E-state index is 0.0517. The molecule has 0 saturated heterocycles. The van der Waals surface area contributed by atoms with E-state index in [0.29, 0.717) is 6.54 Å². The molecule has 1 atom stereocenters. The van der Waals surface area contributed by atoms with E-state index in [4.69, 9.17) is 5.73 Å². The van der Waals surface area contributed by atoms with Crippen molar-refractivity contribution in [3.05, 3.63) is 29.8 Å². The SMILES string of the molecule is CCCC(C)C(=O)Nc1ccccc1CN. The van der Waals surface area contributed by atoms with E-state index >= 15 is 0 Å². The molecule has 1 aromatic rings. The van der Waals surface area contributed by atoms with Gasteiger partial charge in [0.1, 0.15) is 0 Å². The van der Waals surface area contributed by atoms with E-state index in [1.165, 1.54) is 0 Å². The molecule has 1 unspecified atom stereocenters. The van der Waals surface area contributed by atoms with Gasteiger partial charge in [-0.25, -0.2) is 0 Å². The number of carbonyl (C=O) groups excluding carboxylic acids is 1. The molecule has 0 radical (unpaired) electrons. The molecule has 0 spiro atoms. The normalized spacial score (nSPS) is 12.2. The van der Waals surface area contributed by atoms with Crippen LogP contribution in [0.25, 0.3) is 0 Å². The van der Waals surface area contributed by atoms with Crippen LogP contribution in [0.15, 0.2) is 24.3 Å². The number of anilines is 1. The summed E-state index contributed by atoms with van der Waals surface area (Å²) in [6.45, 7) is 4.47. The van der Waals surface area contributed by atoms with Gasteiger partial charge >= 0.3 is 0 Å².